The summed E-state index contributed by atoms with van der Waals surface area (Å²) >= 11 is 1.26. The molecule has 0 unspecified atom stereocenters. The first-order valence-corrected chi connectivity index (χ1v) is 7.31. The van der Waals surface area contributed by atoms with E-state index in [1.54, 1.807) is 0 Å². The van der Waals surface area contributed by atoms with Crippen LogP contribution in [0.15, 0.2) is 5.16 Å². The number of thioether (sulfide) groups is 1. The zero-order valence-corrected chi connectivity index (χ0v) is 11.6. The van der Waals surface area contributed by atoms with Crippen LogP contribution < -0.4 is 0 Å². The van der Waals surface area contributed by atoms with Crippen LogP contribution in [-0.2, 0) is 17.8 Å². The minimum absolute atomic E-state index is 0.0413. The van der Waals surface area contributed by atoms with Gasteiger partial charge in [0, 0.05) is 13.0 Å². The molecular formula is C12H19N3O2S. The van der Waals surface area contributed by atoms with Crippen molar-refractivity contribution in [2.75, 3.05) is 5.75 Å². The molecule has 1 aliphatic carbocycles. The van der Waals surface area contributed by atoms with E-state index >= 15 is 0 Å². The van der Waals surface area contributed by atoms with Gasteiger partial charge in [0.1, 0.15) is 5.82 Å². The highest BCUT2D eigenvalue weighted by molar-refractivity contribution is 7.99. The second-order valence-corrected chi connectivity index (χ2v) is 6.18. The quantitative estimate of drug-likeness (QED) is 0.767. The Hall–Kier alpha value is -1.04. The molecule has 1 N–H and O–H groups in total. The zero-order chi connectivity index (χ0) is 13.1. The number of aromatic nitrogens is 3. The van der Waals surface area contributed by atoms with Crippen LogP contribution in [0.5, 0.6) is 0 Å². The molecule has 0 spiro atoms. The van der Waals surface area contributed by atoms with Gasteiger partial charge in [0.05, 0.1) is 5.75 Å². The number of nitrogens with zero attached hydrogens (tertiary/aromatic N) is 3. The van der Waals surface area contributed by atoms with Crippen LogP contribution in [0.1, 0.15) is 32.5 Å². The van der Waals surface area contributed by atoms with Crippen LogP contribution in [0, 0.1) is 11.8 Å². The van der Waals surface area contributed by atoms with Gasteiger partial charge in [-0.3, -0.25) is 4.79 Å². The molecule has 1 aromatic rings. The Balaban J connectivity index is 2.10. The predicted molar refractivity (Wildman–Crippen MR) is 69.6 cm³/mol. The van der Waals surface area contributed by atoms with E-state index in [1.807, 2.05) is 0 Å². The third kappa shape index (κ3) is 3.73. The van der Waals surface area contributed by atoms with E-state index in [-0.39, 0.29) is 5.75 Å². The van der Waals surface area contributed by atoms with E-state index < -0.39 is 5.97 Å². The molecule has 0 saturated heterocycles. The van der Waals surface area contributed by atoms with Gasteiger partial charge in [-0.15, -0.1) is 10.2 Å². The fourth-order valence-corrected chi connectivity index (χ4v) is 2.52. The van der Waals surface area contributed by atoms with Crippen LogP contribution in [-0.4, -0.2) is 31.6 Å². The summed E-state index contributed by atoms with van der Waals surface area (Å²) in [6.45, 7) is 5.15. The van der Waals surface area contributed by atoms with Crippen molar-refractivity contribution in [2.45, 2.75) is 44.8 Å². The van der Waals surface area contributed by atoms with Gasteiger partial charge < -0.3 is 9.67 Å². The molecular weight excluding hydrogens is 250 g/mol. The van der Waals surface area contributed by atoms with Gasteiger partial charge in [0.15, 0.2) is 5.16 Å². The Kier molecular flexibility index (Phi) is 4.27. The van der Waals surface area contributed by atoms with Crippen molar-refractivity contribution in [3.05, 3.63) is 5.82 Å². The van der Waals surface area contributed by atoms with Gasteiger partial charge in [0.25, 0.3) is 0 Å². The molecule has 0 atom stereocenters. The monoisotopic (exact) mass is 269 g/mol. The van der Waals surface area contributed by atoms with Crippen molar-refractivity contribution in [1.82, 2.24) is 14.8 Å². The Morgan fingerprint density at radius 3 is 2.78 bits per heavy atom. The first-order valence-electron chi connectivity index (χ1n) is 6.33. The molecule has 1 aromatic heterocycles. The van der Waals surface area contributed by atoms with Crippen molar-refractivity contribution in [2.24, 2.45) is 11.8 Å². The van der Waals surface area contributed by atoms with E-state index in [0.717, 1.165) is 29.9 Å². The molecule has 1 fully saturated rings. The molecule has 1 heterocycles. The minimum Gasteiger partial charge on any atom is -0.481 e. The third-order valence-electron chi connectivity index (χ3n) is 2.83. The molecule has 2 rings (SSSR count). The molecule has 100 valence electrons. The molecule has 0 aliphatic heterocycles. The lowest BCUT2D eigenvalue weighted by Crippen LogP contribution is -2.11. The summed E-state index contributed by atoms with van der Waals surface area (Å²) in [5, 5.41) is 17.8. The maximum Gasteiger partial charge on any atom is 0.313 e. The average Bonchev–Trinajstić information content (AvgIpc) is 3.01. The normalized spacial score (nSPS) is 15.3. The second-order valence-electron chi connectivity index (χ2n) is 5.23. The first-order chi connectivity index (χ1) is 8.56. The number of hydrogen-bond donors (Lipinski definition) is 1. The summed E-state index contributed by atoms with van der Waals surface area (Å²) in [5.41, 5.74) is 0. The number of aliphatic carboxylic acids is 1. The highest BCUT2D eigenvalue weighted by Gasteiger charge is 2.25. The summed E-state index contributed by atoms with van der Waals surface area (Å²) in [7, 11) is 0. The lowest BCUT2D eigenvalue weighted by Gasteiger charge is -2.11. The molecule has 0 amide bonds. The second kappa shape index (κ2) is 5.73. The molecule has 0 aromatic carbocycles. The molecule has 0 radical (unpaired) electrons. The third-order valence-corrected chi connectivity index (χ3v) is 3.79. The smallest absolute Gasteiger partial charge is 0.313 e. The fourth-order valence-electron chi connectivity index (χ4n) is 1.83. The van der Waals surface area contributed by atoms with E-state index in [4.69, 9.17) is 5.11 Å². The van der Waals surface area contributed by atoms with Crippen molar-refractivity contribution in [1.29, 1.82) is 0 Å². The first kappa shape index (κ1) is 13.4. The van der Waals surface area contributed by atoms with Crippen molar-refractivity contribution in [3.63, 3.8) is 0 Å². The summed E-state index contributed by atoms with van der Waals surface area (Å²) in [4.78, 5) is 10.6. The minimum atomic E-state index is -0.817. The summed E-state index contributed by atoms with van der Waals surface area (Å²) < 4.78 is 2.09. The molecule has 18 heavy (non-hydrogen) atoms. The standard InChI is InChI=1S/C12H19N3O2S/c1-8(2)6-15-10(5-9-3-4-9)13-14-12(15)18-7-11(16)17/h8-9H,3-7H2,1-2H3,(H,16,17). The van der Waals surface area contributed by atoms with Crippen LogP contribution in [0.25, 0.3) is 0 Å². The lowest BCUT2D eigenvalue weighted by atomic mass is 10.2. The van der Waals surface area contributed by atoms with Gasteiger partial charge in [-0.2, -0.15) is 0 Å². The van der Waals surface area contributed by atoms with E-state index in [1.165, 1.54) is 24.6 Å². The number of carboxylic acids is 1. The highest BCUT2D eigenvalue weighted by Crippen LogP contribution is 2.33. The van der Waals surface area contributed by atoms with Gasteiger partial charge in [0.2, 0.25) is 0 Å². The van der Waals surface area contributed by atoms with Gasteiger partial charge >= 0.3 is 5.97 Å². The van der Waals surface area contributed by atoms with Crippen molar-refractivity contribution >= 4 is 17.7 Å². The zero-order valence-electron chi connectivity index (χ0n) is 10.8. The Bertz CT molecular complexity index is 427. The van der Waals surface area contributed by atoms with Crippen LogP contribution >= 0.6 is 11.8 Å². The van der Waals surface area contributed by atoms with Crippen molar-refractivity contribution in [3.8, 4) is 0 Å². The van der Waals surface area contributed by atoms with Crippen LogP contribution in [0.2, 0.25) is 0 Å². The Morgan fingerprint density at radius 2 is 2.22 bits per heavy atom. The average molecular weight is 269 g/mol. The Labute approximate surface area is 111 Å². The van der Waals surface area contributed by atoms with Gasteiger partial charge in [-0.1, -0.05) is 25.6 Å². The van der Waals surface area contributed by atoms with Crippen LogP contribution in [0.3, 0.4) is 0 Å². The maximum atomic E-state index is 10.6. The van der Waals surface area contributed by atoms with Crippen LogP contribution in [0.4, 0.5) is 0 Å². The van der Waals surface area contributed by atoms with Gasteiger partial charge in [-0.25, -0.2) is 0 Å². The molecule has 0 bridgehead atoms. The largest absolute Gasteiger partial charge is 0.481 e. The van der Waals surface area contributed by atoms with E-state index in [0.29, 0.717) is 5.92 Å². The molecule has 5 nitrogen and oxygen atoms in total. The molecule has 1 aliphatic rings. The topological polar surface area (TPSA) is 68.0 Å². The SMILES string of the molecule is CC(C)Cn1c(CC2CC2)nnc1SCC(=O)O. The summed E-state index contributed by atoms with van der Waals surface area (Å²) in [6, 6.07) is 0. The van der Waals surface area contributed by atoms with E-state index in [9.17, 15) is 4.79 Å². The fraction of sp³-hybridized carbons (Fsp3) is 0.750. The lowest BCUT2D eigenvalue weighted by molar-refractivity contribution is -0.133. The molecule has 6 heteroatoms. The van der Waals surface area contributed by atoms with Crippen molar-refractivity contribution < 1.29 is 9.90 Å². The summed E-state index contributed by atoms with van der Waals surface area (Å²) in [6.07, 6.45) is 3.55. The summed E-state index contributed by atoms with van der Waals surface area (Å²) in [5.74, 6) is 1.50. The van der Waals surface area contributed by atoms with Gasteiger partial charge in [-0.05, 0) is 24.7 Å². The maximum absolute atomic E-state index is 10.6. The highest BCUT2D eigenvalue weighted by atomic mass is 32.2. The number of rotatable bonds is 7. The number of carbonyl (C=O) groups is 1. The Morgan fingerprint density at radius 1 is 1.50 bits per heavy atom. The number of hydrogen-bond acceptors (Lipinski definition) is 4. The predicted octanol–water partition coefficient (Wildman–Crippen LogP) is 2.06. The van der Waals surface area contributed by atoms with E-state index in [2.05, 4.69) is 28.6 Å². The molecule has 1 saturated carbocycles. The number of carboxylic acid groups (broad SMARTS) is 1.